The summed E-state index contributed by atoms with van der Waals surface area (Å²) < 4.78 is 89.3. The van der Waals surface area contributed by atoms with E-state index in [0.717, 1.165) is 33.5 Å². The van der Waals surface area contributed by atoms with Crippen molar-refractivity contribution in [3.63, 3.8) is 0 Å². The molecule has 0 saturated carbocycles. The van der Waals surface area contributed by atoms with Gasteiger partial charge in [0.1, 0.15) is 5.02 Å². The Balaban J connectivity index is 1.16. The minimum Gasteiger partial charge on any atom is -0.448 e. The number of piperidine rings is 1. The van der Waals surface area contributed by atoms with E-state index in [2.05, 4.69) is 9.84 Å². The molecule has 0 spiro atoms. The third-order valence-corrected chi connectivity index (χ3v) is 8.50. The molecule has 15 nitrogen and oxygen atoms in total. The number of aromatic nitrogens is 4. The number of hydrogen-bond acceptors (Lipinski definition) is 11. The van der Waals surface area contributed by atoms with Crippen molar-refractivity contribution >= 4 is 22.3 Å². The fraction of sp³-hybridized carbons (Fsp3) is 0.414. The number of ether oxygens (including phenoxy) is 3. The first kappa shape index (κ1) is 34.3. The molecule has 1 N–H and O–H groups in total. The maximum atomic E-state index is 13.5. The topological polar surface area (TPSA) is 161 Å². The highest BCUT2D eigenvalue weighted by Gasteiger charge is 2.35. The summed E-state index contributed by atoms with van der Waals surface area (Å²) in [5, 5.41) is 6.48. The molecular weight excluding hydrogens is 665 g/mol. The average Bonchev–Trinajstić information content (AvgIpc) is 3.63. The van der Waals surface area contributed by atoms with Crippen LogP contribution in [0.25, 0.3) is 16.9 Å². The Morgan fingerprint density at radius 1 is 1.10 bits per heavy atom. The van der Waals surface area contributed by atoms with Crippen LogP contribution in [-0.4, -0.2) is 73.0 Å². The number of benzene rings is 2. The number of rotatable bonds is 11. The second-order valence-electron chi connectivity index (χ2n) is 10.9. The number of halogens is 3. The van der Waals surface area contributed by atoms with Gasteiger partial charge in [0.25, 0.3) is 16.3 Å². The molecule has 2 atom stereocenters. The smallest absolute Gasteiger partial charge is 0.448 e. The summed E-state index contributed by atoms with van der Waals surface area (Å²) in [5.74, 6) is -0.177. The highest BCUT2D eigenvalue weighted by molar-refractivity contribution is 7.90. The van der Waals surface area contributed by atoms with Gasteiger partial charge in [-0.2, -0.15) is 22.9 Å². The second kappa shape index (κ2) is 14.0. The zero-order valence-corrected chi connectivity index (χ0v) is 26.9. The Morgan fingerprint density at radius 3 is 2.48 bits per heavy atom. The normalized spacial score (nSPS) is 16.0. The summed E-state index contributed by atoms with van der Waals surface area (Å²) in [6, 6.07) is 12.6. The number of carbonyl (C=O) groups excluding carboxylic acids is 2. The molecule has 1 saturated heterocycles. The van der Waals surface area contributed by atoms with Gasteiger partial charge >= 0.3 is 18.4 Å². The SMILES string of the molecule is CCOC(=O)OC(C)On1on1N1CCCC(COC(=O)NS(=O)(=O)c2ccc(-n3nc(C(F)(F)F)cc3-c3ccc(C)cc3)cc2)C1. The lowest BCUT2D eigenvalue weighted by molar-refractivity contribution is -0.141. The molecule has 2 aromatic carbocycles. The fourth-order valence-corrected chi connectivity index (χ4v) is 5.73. The first-order valence-electron chi connectivity index (χ1n) is 14.8. The highest BCUT2D eigenvalue weighted by Crippen LogP contribution is 2.33. The van der Waals surface area contributed by atoms with E-state index in [4.69, 9.17) is 18.9 Å². The zero-order valence-electron chi connectivity index (χ0n) is 26.0. The van der Waals surface area contributed by atoms with Gasteiger partial charge in [-0.1, -0.05) is 29.8 Å². The molecule has 0 bridgehead atoms. The number of carbonyl (C=O) groups is 2. The van der Waals surface area contributed by atoms with E-state index < -0.39 is 40.4 Å². The van der Waals surface area contributed by atoms with Crippen molar-refractivity contribution in [3.05, 3.63) is 65.9 Å². The first-order chi connectivity index (χ1) is 22.7. The molecular formula is C29H33F3N6O9S. The molecule has 1 aliphatic heterocycles. The van der Waals surface area contributed by atoms with Crippen LogP contribution in [0.4, 0.5) is 22.8 Å². The number of nitrogens with zero attached hydrogens (tertiary/aromatic N) is 5. The molecule has 5 rings (SSSR count). The predicted molar refractivity (Wildman–Crippen MR) is 160 cm³/mol. The number of amides is 1. The summed E-state index contributed by atoms with van der Waals surface area (Å²) in [6.07, 6.45) is -6.40. The van der Waals surface area contributed by atoms with Crippen molar-refractivity contribution in [1.82, 2.24) is 24.5 Å². The lowest BCUT2D eigenvalue weighted by atomic mass is 10.0. The molecule has 1 fully saturated rings. The lowest BCUT2D eigenvalue weighted by Gasteiger charge is -2.29. The van der Waals surface area contributed by atoms with E-state index in [9.17, 15) is 31.2 Å². The second-order valence-corrected chi connectivity index (χ2v) is 12.5. The average molecular weight is 699 g/mol. The van der Waals surface area contributed by atoms with Gasteiger partial charge in [-0.05, 0) is 57.0 Å². The number of aryl methyl sites for hydroxylation is 1. The molecule has 1 amide bonds. The largest absolute Gasteiger partial charge is 0.511 e. The molecule has 4 aromatic rings. The summed E-state index contributed by atoms with van der Waals surface area (Å²) in [7, 11) is -4.38. The summed E-state index contributed by atoms with van der Waals surface area (Å²) in [4.78, 5) is 30.2. The van der Waals surface area contributed by atoms with Crippen molar-refractivity contribution in [3.8, 4) is 16.9 Å². The molecule has 48 heavy (non-hydrogen) atoms. The van der Waals surface area contributed by atoms with Gasteiger partial charge in [0.15, 0.2) is 5.69 Å². The van der Waals surface area contributed by atoms with Gasteiger partial charge in [-0.15, -0.1) is 0 Å². The van der Waals surface area contributed by atoms with Crippen LogP contribution in [0.3, 0.4) is 0 Å². The van der Waals surface area contributed by atoms with Crippen LogP contribution in [0.15, 0.2) is 64.1 Å². The van der Waals surface area contributed by atoms with Gasteiger partial charge < -0.3 is 19.0 Å². The van der Waals surface area contributed by atoms with Crippen molar-refractivity contribution in [2.75, 3.05) is 31.3 Å². The first-order valence-corrected chi connectivity index (χ1v) is 16.3. The van der Waals surface area contributed by atoms with Gasteiger partial charge in [0.2, 0.25) is 0 Å². The molecule has 19 heteroatoms. The van der Waals surface area contributed by atoms with Gasteiger partial charge in [-0.25, -0.2) is 27.4 Å². The van der Waals surface area contributed by atoms with Crippen LogP contribution in [0, 0.1) is 12.8 Å². The monoisotopic (exact) mass is 698 g/mol. The minimum atomic E-state index is -4.70. The number of hydrogen-bond donors (Lipinski definition) is 1. The summed E-state index contributed by atoms with van der Waals surface area (Å²) in [5.41, 5.74) is 0.617. The van der Waals surface area contributed by atoms with Crippen LogP contribution < -0.4 is 14.6 Å². The Bertz CT molecular complexity index is 1810. The highest BCUT2D eigenvalue weighted by atomic mass is 32.2. The van der Waals surface area contributed by atoms with Crippen LogP contribution in [0.5, 0.6) is 0 Å². The van der Waals surface area contributed by atoms with Gasteiger partial charge in [-0.3, -0.25) is 5.01 Å². The third kappa shape index (κ3) is 8.44. The lowest BCUT2D eigenvalue weighted by Crippen LogP contribution is -2.44. The number of nitrogens with one attached hydrogen (secondary N) is 1. The van der Waals surface area contributed by atoms with Crippen molar-refractivity contribution in [1.29, 1.82) is 0 Å². The molecule has 3 heterocycles. The van der Waals surface area contributed by atoms with E-state index >= 15 is 0 Å². The van der Waals surface area contributed by atoms with E-state index in [-0.39, 0.29) is 35.4 Å². The van der Waals surface area contributed by atoms with Crippen LogP contribution in [0.1, 0.15) is 37.9 Å². The fourth-order valence-electron chi connectivity index (χ4n) is 4.84. The number of alkyl halides is 3. The Labute approximate surface area is 272 Å². The van der Waals surface area contributed by atoms with Crippen LogP contribution >= 0.6 is 0 Å². The van der Waals surface area contributed by atoms with Gasteiger partial charge in [0, 0.05) is 36.5 Å². The summed E-state index contributed by atoms with van der Waals surface area (Å²) >= 11 is 0. The maximum absolute atomic E-state index is 13.5. The molecule has 1 aliphatic rings. The number of sulfonamides is 1. The third-order valence-electron chi connectivity index (χ3n) is 7.17. The molecule has 0 radical (unpaired) electrons. The van der Waals surface area contributed by atoms with Crippen molar-refractivity contribution in [2.45, 2.75) is 51.0 Å². The quantitative estimate of drug-likeness (QED) is 0.174. The van der Waals surface area contributed by atoms with E-state index in [1.54, 1.807) is 36.2 Å². The van der Waals surface area contributed by atoms with Crippen molar-refractivity contribution < 1.29 is 54.9 Å². The predicted octanol–water partition coefficient (Wildman–Crippen LogP) is 4.47. The molecule has 2 aromatic heterocycles. The van der Waals surface area contributed by atoms with E-state index in [0.29, 0.717) is 31.5 Å². The molecule has 260 valence electrons. The molecule has 0 aliphatic carbocycles. The van der Waals surface area contributed by atoms with E-state index in [1.807, 2.05) is 11.6 Å². The Morgan fingerprint density at radius 2 is 1.81 bits per heavy atom. The maximum Gasteiger partial charge on any atom is 0.511 e. The summed E-state index contributed by atoms with van der Waals surface area (Å²) in [6.45, 7) is 5.96. The van der Waals surface area contributed by atoms with E-state index in [1.165, 1.54) is 24.0 Å². The standard InChI is InChI=1S/C29H33F3N6O9S/c1-4-43-28(40)45-20(3)46-38-37(47-38)35-15-5-6-21(17-35)18-44-27(39)34-48(41,42)24-13-11-23(12-14-24)36-25(16-26(33-36)29(30,31)32)22-9-7-19(2)8-10-22/h7-14,16,20-21H,4-6,15,17-18H2,1-3H3,(H,34,39). The molecule has 2 unspecified atom stereocenters. The Kier molecular flexibility index (Phi) is 9.97. The van der Waals surface area contributed by atoms with Crippen LogP contribution in [-0.2, 0) is 30.4 Å². The van der Waals surface area contributed by atoms with Gasteiger partial charge in [0.05, 0.1) is 29.5 Å². The zero-order chi connectivity index (χ0) is 34.6. The minimum absolute atomic E-state index is 0.101. The van der Waals surface area contributed by atoms with Crippen LogP contribution in [0.2, 0.25) is 0 Å². The van der Waals surface area contributed by atoms with Crippen molar-refractivity contribution in [2.24, 2.45) is 5.92 Å². The Hall–Kier alpha value is -5.07.